The molecule has 2 aromatic carbocycles. The molecule has 1 aliphatic rings. The lowest BCUT2D eigenvalue weighted by atomic mass is 9.90. The number of nitrogens with one attached hydrogen (secondary N) is 1. The highest BCUT2D eigenvalue weighted by atomic mass is 32.2. The number of likely N-dealkylation sites (tertiary alicyclic amines) is 1. The Balaban J connectivity index is 1.51. The minimum atomic E-state index is -0.00311. The summed E-state index contributed by atoms with van der Waals surface area (Å²) in [5.41, 5.74) is 3.41. The molecule has 166 valence electrons. The van der Waals surface area contributed by atoms with E-state index in [1.807, 2.05) is 43.0 Å². The minimum absolute atomic E-state index is 0.00311. The molecular weight excluding hydrogens is 404 g/mol. The van der Waals surface area contributed by atoms with Gasteiger partial charge in [0.2, 0.25) is 5.91 Å². The lowest BCUT2D eigenvalue weighted by Crippen LogP contribution is -2.38. The molecule has 31 heavy (non-hydrogen) atoms. The largest absolute Gasteiger partial charge is 0.353 e. The van der Waals surface area contributed by atoms with Crippen LogP contribution in [0.3, 0.4) is 0 Å². The molecule has 1 fully saturated rings. The lowest BCUT2D eigenvalue weighted by molar-refractivity contribution is -0.119. The Labute approximate surface area is 190 Å². The van der Waals surface area contributed by atoms with Crippen molar-refractivity contribution < 1.29 is 9.59 Å². The van der Waals surface area contributed by atoms with E-state index in [2.05, 4.69) is 36.5 Å². The summed E-state index contributed by atoms with van der Waals surface area (Å²) in [7, 11) is 0. The van der Waals surface area contributed by atoms with Crippen LogP contribution in [0.4, 0.5) is 0 Å². The lowest BCUT2D eigenvalue weighted by Gasteiger charge is -2.32. The molecule has 4 nitrogen and oxygen atoms in total. The van der Waals surface area contributed by atoms with Crippen molar-refractivity contribution >= 4 is 23.6 Å². The van der Waals surface area contributed by atoms with E-state index >= 15 is 0 Å². The Morgan fingerprint density at radius 1 is 1.06 bits per heavy atom. The van der Waals surface area contributed by atoms with Crippen LogP contribution in [0.5, 0.6) is 0 Å². The maximum Gasteiger partial charge on any atom is 0.254 e. The number of rotatable bonds is 8. The Hall–Kier alpha value is -2.27. The summed E-state index contributed by atoms with van der Waals surface area (Å²) in [5, 5.41) is 2.90. The van der Waals surface area contributed by atoms with Crippen molar-refractivity contribution in [1.82, 2.24) is 10.2 Å². The van der Waals surface area contributed by atoms with E-state index < -0.39 is 0 Å². The minimum Gasteiger partial charge on any atom is -0.353 e. The molecule has 0 aromatic heterocycles. The fourth-order valence-electron chi connectivity index (χ4n) is 4.00. The van der Waals surface area contributed by atoms with Gasteiger partial charge in [-0.1, -0.05) is 42.0 Å². The monoisotopic (exact) mass is 438 g/mol. The van der Waals surface area contributed by atoms with Gasteiger partial charge in [0, 0.05) is 24.0 Å². The van der Waals surface area contributed by atoms with Gasteiger partial charge in [-0.15, -0.1) is 11.8 Å². The number of hydrogen-bond donors (Lipinski definition) is 1. The van der Waals surface area contributed by atoms with E-state index in [0.29, 0.717) is 17.2 Å². The van der Waals surface area contributed by atoms with Crippen molar-refractivity contribution in [2.45, 2.75) is 57.4 Å². The van der Waals surface area contributed by atoms with E-state index in [1.165, 1.54) is 29.3 Å². The number of hydrogen-bond acceptors (Lipinski definition) is 3. The van der Waals surface area contributed by atoms with Crippen LogP contribution in [-0.2, 0) is 11.2 Å². The normalized spacial score (nSPS) is 14.6. The molecule has 3 rings (SSSR count). The van der Waals surface area contributed by atoms with Crippen LogP contribution in [0.2, 0.25) is 0 Å². The quantitative estimate of drug-likeness (QED) is 0.584. The van der Waals surface area contributed by atoms with Crippen molar-refractivity contribution in [2.24, 2.45) is 5.92 Å². The molecule has 0 spiro atoms. The molecule has 0 bridgehead atoms. The average molecular weight is 439 g/mol. The molecule has 2 aromatic rings. The van der Waals surface area contributed by atoms with E-state index in [9.17, 15) is 9.59 Å². The smallest absolute Gasteiger partial charge is 0.254 e. The average Bonchev–Trinajstić information content (AvgIpc) is 2.77. The first kappa shape index (κ1) is 23.4. The van der Waals surface area contributed by atoms with Gasteiger partial charge in [-0.05, 0) is 70.1 Å². The number of nitrogens with zero attached hydrogens (tertiary/aromatic N) is 1. The molecule has 1 heterocycles. The topological polar surface area (TPSA) is 49.4 Å². The summed E-state index contributed by atoms with van der Waals surface area (Å²) in [6, 6.07) is 16.6. The van der Waals surface area contributed by atoms with Crippen LogP contribution >= 0.6 is 11.8 Å². The molecule has 1 N–H and O–H groups in total. The van der Waals surface area contributed by atoms with E-state index in [4.69, 9.17) is 0 Å². The van der Waals surface area contributed by atoms with Gasteiger partial charge in [0.05, 0.1) is 11.3 Å². The first-order valence-corrected chi connectivity index (χ1v) is 12.3. The maximum absolute atomic E-state index is 13.2. The predicted molar refractivity (Wildman–Crippen MR) is 129 cm³/mol. The molecular formula is C26H34N2O2S. The van der Waals surface area contributed by atoms with E-state index in [1.54, 1.807) is 0 Å². The third-order valence-corrected chi connectivity index (χ3v) is 6.86. The Morgan fingerprint density at radius 3 is 2.42 bits per heavy atom. The summed E-state index contributed by atoms with van der Waals surface area (Å²) in [6.07, 6.45) is 4.41. The highest BCUT2D eigenvalue weighted by Crippen LogP contribution is 2.27. The molecule has 2 amide bonds. The number of carbonyl (C=O) groups excluding carboxylic acids is 2. The van der Waals surface area contributed by atoms with Crippen LogP contribution in [0, 0.1) is 12.8 Å². The summed E-state index contributed by atoms with van der Waals surface area (Å²) in [6.45, 7) is 7.64. The standard InChI is InChI=1S/C26H34N2O2S/c1-19(2)27-25(29)18-31-24-7-5-4-6-23(24)26(30)28-16-14-22(15-17-28)13-12-21-10-8-20(3)9-11-21/h4-11,19,22H,12-18H2,1-3H3,(H,27,29). The van der Waals surface area contributed by atoms with Crippen molar-refractivity contribution in [2.75, 3.05) is 18.8 Å². The first-order chi connectivity index (χ1) is 14.9. The zero-order chi connectivity index (χ0) is 22.2. The molecule has 1 aliphatic heterocycles. The SMILES string of the molecule is Cc1ccc(CCC2CCN(C(=O)c3ccccc3SCC(=O)NC(C)C)CC2)cc1. The highest BCUT2D eigenvalue weighted by molar-refractivity contribution is 8.00. The Bertz CT molecular complexity index is 871. The van der Waals surface area contributed by atoms with Crippen LogP contribution < -0.4 is 5.32 Å². The van der Waals surface area contributed by atoms with Gasteiger partial charge < -0.3 is 10.2 Å². The predicted octanol–water partition coefficient (Wildman–Crippen LogP) is 5.10. The molecule has 1 saturated heterocycles. The number of aryl methyl sites for hydroxylation is 2. The summed E-state index contributed by atoms with van der Waals surface area (Å²) >= 11 is 1.44. The van der Waals surface area contributed by atoms with Crippen LogP contribution in [0.15, 0.2) is 53.4 Å². The summed E-state index contributed by atoms with van der Waals surface area (Å²) in [4.78, 5) is 28.0. The second-order valence-electron chi connectivity index (χ2n) is 8.77. The second kappa shape index (κ2) is 11.4. The van der Waals surface area contributed by atoms with Gasteiger partial charge in [-0.3, -0.25) is 9.59 Å². The van der Waals surface area contributed by atoms with Crippen molar-refractivity contribution in [3.05, 3.63) is 65.2 Å². The number of thioether (sulfide) groups is 1. The van der Waals surface area contributed by atoms with Gasteiger partial charge >= 0.3 is 0 Å². The molecule has 0 saturated carbocycles. The summed E-state index contributed by atoms with van der Waals surface area (Å²) < 4.78 is 0. The third kappa shape index (κ3) is 7.13. The fraction of sp³-hybridized carbons (Fsp3) is 0.462. The zero-order valence-corrected chi connectivity index (χ0v) is 19.7. The van der Waals surface area contributed by atoms with Gasteiger partial charge in [0.25, 0.3) is 5.91 Å². The van der Waals surface area contributed by atoms with Crippen molar-refractivity contribution in [1.29, 1.82) is 0 Å². The van der Waals surface area contributed by atoms with E-state index in [0.717, 1.165) is 37.2 Å². The third-order valence-electron chi connectivity index (χ3n) is 5.79. The first-order valence-electron chi connectivity index (χ1n) is 11.3. The van der Waals surface area contributed by atoms with Crippen molar-refractivity contribution in [3.63, 3.8) is 0 Å². The second-order valence-corrected chi connectivity index (χ2v) is 9.78. The van der Waals surface area contributed by atoms with Crippen LogP contribution in [0.25, 0.3) is 0 Å². The molecule has 0 atom stereocenters. The fourth-order valence-corrected chi connectivity index (χ4v) is 4.85. The zero-order valence-electron chi connectivity index (χ0n) is 18.9. The highest BCUT2D eigenvalue weighted by Gasteiger charge is 2.25. The van der Waals surface area contributed by atoms with Crippen LogP contribution in [0.1, 0.15) is 54.6 Å². The van der Waals surface area contributed by atoms with Gasteiger partial charge in [0.15, 0.2) is 0 Å². The van der Waals surface area contributed by atoms with Crippen LogP contribution in [-0.4, -0.2) is 41.6 Å². The number of amides is 2. The molecule has 5 heteroatoms. The van der Waals surface area contributed by atoms with Gasteiger partial charge in [-0.25, -0.2) is 0 Å². The maximum atomic E-state index is 13.2. The number of piperidine rings is 1. The van der Waals surface area contributed by atoms with Gasteiger partial charge in [-0.2, -0.15) is 0 Å². The molecule has 0 unspecified atom stereocenters. The summed E-state index contributed by atoms with van der Waals surface area (Å²) in [5.74, 6) is 1.08. The van der Waals surface area contributed by atoms with E-state index in [-0.39, 0.29) is 17.9 Å². The Morgan fingerprint density at radius 2 is 1.74 bits per heavy atom. The van der Waals surface area contributed by atoms with Crippen molar-refractivity contribution in [3.8, 4) is 0 Å². The molecule has 0 radical (unpaired) electrons. The molecule has 0 aliphatic carbocycles. The Kier molecular flexibility index (Phi) is 8.59. The number of carbonyl (C=O) groups is 2. The van der Waals surface area contributed by atoms with Gasteiger partial charge in [0.1, 0.15) is 0 Å². The number of benzene rings is 2.